The number of rotatable bonds is 3. The van der Waals surface area contributed by atoms with Crippen LogP contribution >= 0.6 is 0 Å². The van der Waals surface area contributed by atoms with Gasteiger partial charge in [0.25, 0.3) is 0 Å². The smallest absolute Gasteiger partial charge is 0.317 e. The Kier molecular flexibility index (Phi) is 3.54. The van der Waals surface area contributed by atoms with Gasteiger partial charge in [0.05, 0.1) is 6.10 Å². The third-order valence-electron chi connectivity index (χ3n) is 2.24. The minimum absolute atomic E-state index is 0.00116. The fourth-order valence-corrected chi connectivity index (χ4v) is 1.43. The Hall–Kier alpha value is -0.770. The number of carbonyl (C=O) groups excluding carboxylic acids is 1. The largest absolute Gasteiger partial charge is 0.393 e. The van der Waals surface area contributed by atoms with Crippen molar-refractivity contribution < 1.29 is 9.90 Å². The monoisotopic (exact) mass is 186 g/mol. The zero-order valence-corrected chi connectivity index (χ0v) is 8.29. The number of nitrogens with one attached hydrogen (secondary N) is 1. The highest BCUT2D eigenvalue weighted by Gasteiger charge is 2.21. The topological polar surface area (TPSA) is 52.6 Å². The van der Waals surface area contributed by atoms with Crippen molar-refractivity contribution in [2.45, 2.75) is 26.4 Å². The summed E-state index contributed by atoms with van der Waals surface area (Å²) >= 11 is 0. The summed E-state index contributed by atoms with van der Waals surface area (Å²) in [7, 11) is 0. The number of urea groups is 1. The van der Waals surface area contributed by atoms with Gasteiger partial charge >= 0.3 is 6.03 Å². The van der Waals surface area contributed by atoms with Gasteiger partial charge in [0, 0.05) is 19.6 Å². The second-order valence-corrected chi connectivity index (χ2v) is 3.87. The average molecular weight is 186 g/mol. The summed E-state index contributed by atoms with van der Waals surface area (Å²) in [5, 5.41) is 11.9. The Morgan fingerprint density at radius 1 is 1.77 bits per heavy atom. The van der Waals surface area contributed by atoms with E-state index in [1.165, 1.54) is 0 Å². The molecular formula is C9H18N2O2. The van der Waals surface area contributed by atoms with Crippen molar-refractivity contribution in [3.05, 3.63) is 0 Å². The Labute approximate surface area is 78.9 Å². The van der Waals surface area contributed by atoms with Gasteiger partial charge in [-0.3, -0.25) is 0 Å². The van der Waals surface area contributed by atoms with Gasteiger partial charge in [0.2, 0.25) is 0 Å². The van der Waals surface area contributed by atoms with E-state index in [9.17, 15) is 4.79 Å². The maximum absolute atomic E-state index is 11.3. The molecule has 2 amide bonds. The number of aliphatic hydroxyl groups excluding tert-OH is 1. The molecule has 0 aromatic heterocycles. The molecule has 0 radical (unpaired) electrons. The molecule has 1 rings (SSSR count). The molecule has 1 aliphatic heterocycles. The predicted molar refractivity (Wildman–Crippen MR) is 50.4 cm³/mol. The first-order valence-electron chi connectivity index (χ1n) is 4.80. The number of nitrogens with zero attached hydrogens (tertiary/aromatic N) is 1. The summed E-state index contributed by atoms with van der Waals surface area (Å²) in [5.74, 6) is 0.506. The third kappa shape index (κ3) is 3.22. The van der Waals surface area contributed by atoms with Crippen LogP contribution in [0.3, 0.4) is 0 Å². The highest BCUT2D eigenvalue weighted by molar-refractivity contribution is 5.74. The summed E-state index contributed by atoms with van der Waals surface area (Å²) < 4.78 is 0. The predicted octanol–water partition coefficient (Wildman–Crippen LogP) is 0.419. The summed E-state index contributed by atoms with van der Waals surface area (Å²) in [6.07, 6.45) is 0.324. The molecule has 1 saturated heterocycles. The molecule has 0 aliphatic carbocycles. The Bertz CT molecular complexity index is 182. The molecule has 0 aromatic carbocycles. The molecule has 1 fully saturated rings. The lowest BCUT2D eigenvalue weighted by molar-refractivity contribution is 0.140. The van der Waals surface area contributed by atoms with Crippen molar-refractivity contribution in [2.24, 2.45) is 5.92 Å². The standard InChI is InChI=1S/C9H18N2O2/c1-7-5-10-9(13)11(6-7)4-3-8(2)12/h7-8,12H,3-6H2,1-2H3,(H,10,13). The summed E-state index contributed by atoms with van der Waals surface area (Å²) in [6.45, 7) is 6.07. The molecule has 4 heteroatoms. The fraction of sp³-hybridized carbons (Fsp3) is 0.889. The van der Waals surface area contributed by atoms with Crippen LogP contribution in [-0.4, -0.2) is 41.8 Å². The van der Waals surface area contributed by atoms with Crippen molar-refractivity contribution in [3.8, 4) is 0 Å². The maximum Gasteiger partial charge on any atom is 0.317 e. The van der Waals surface area contributed by atoms with E-state index in [0.29, 0.717) is 18.9 Å². The lowest BCUT2D eigenvalue weighted by Crippen LogP contribution is -2.50. The number of aliphatic hydroxyl groups is 1. The van der Waals surface area contributed by atoms with Gasteiger partial charge in [-0.1, -0.05) is 6.92 Å². The van der Waals surface area contributed by atoms with Crippen molar-refractivity contribution in [1.82, 2.24) is 10.2 Å². The fourth-order valence-electron chi connectivity index (χ4n) is 1.43. The highest BCUT2D eigenvalue weighted by Crippen LogP contribution is 2.06. The van der Waals surface area contributed by atoms with Crippen molar-refractivity contribution in [3.63, 3.8) is 0 Å². The quantitative estimate of drug-likeness (QED) is 0.671. The normalized spacial score (nSPS) is 25.6. The lowest BCUT2D eigenvalue weighted by atomic mass is 10.1. The van der Waals surface area contributed by atoms with Gasteiger partial charge in [-0.15, -0.1) is 0 Å². The van der Waals surface area contributed by atoms with Crippen molar-refractivity contribution in [2.75, 3.05) is 19.6 Å². The summed E-state index contributed by atoms with van der Waals surface area (Å²) in [6, 6.07) is -0.00116. The minimum Gasteiger partial charge on any atom is -0.393 e. The van der Waals surface area contributed by atoms with Crippen LogP contribution in [0.25, 0.3) is 0 Å². The molecule has 0 aromatic rings. The molecule has 1 heterocycles. The Morgan fingerprint density at radius 2 is 2.46 bits per heavy atom. The second kappa shape index (κ2) is 4.46. The van der Waals surface area contributed by atoms with Gasteiger partial charge in [-0.05, 0) is 19.3 Å². The molecule has 2 unspecified atom stereocenters. The van der Waals surface area contributed by atoms with E-state index < -0.39 is 0 Å². The molecule has 2 atom stereocenters. The van der Waals surface area contributed by atoms with E-state index in [0.717, 1.165) is 13.1 Å². The summed E-state index contributed by atoms with van der Waals surface area (Å²) in [5.41, 5.74) is 0. The van der Waals surface area contributed by atoms with Gasteiger partial charge < -0.3 is 15.3 Å². The molecule has 0 saturated carbocycles. The first-order chi connectivity index (χ1) is 6.09. The first-order valence-corrected chi connectivity index (χ1v) is 4.80. The van der Waals surface area contributed by atoms with Gasteiger partial charge in [-0.2, -0.15) is 0 Å². The van der Waals surface area contributed by atoms with Gasteiger partial charge in [-0.25, -0.2) is 4.79 Å². The molecule has 4 nitrogen and oxygen atoms in total. The molecule has 2 N–H and O–H groups in total. The third-order valence-corrected chi connectivity index (χ3v) is 2.24. The van der Waals surface area contributed by atoms with Crippen LogP contribution in [0.5, 0.6) is 0 Å². The molecule has 1 aliphatic rings. The Balaban J connectivity index is 2.33. The minimum atomic E-state index is -0.329. The van der Waals surface area contributed by atoms with E-state index in [1.807, 2.05) is 0 Å². The SMILES string of the molecule is CC(O)CCN1CC(C)CNC1=O. The van der Waals surface area contributed by atoms with E-state index >= 15 is 0 Å². The lowest BCUT2D eigenvalue weighted by Gasteiger charge is -2.31. The molecule has 0 spiro atoms. The van der Waals surface area contributed by atoms with Crippen LogP contribution in [0.15, 0.2) is 0 Å². The molecule has 76 valence electrons. The van der Waals surface area contributed by atoms with Crippen LogP contribution in [0.2, 0.25) is 0 Å². The van der Waals surface area contributed by atoms with Crippen LogP contribution in [0, 0.1) is 5.92 Å². The van der Waals surface area contributed by atoms with Crippen LogP contribution in [-0.2, 0) is 0 Å². The van der Waals surface area contributed by atoms with E-state index in [2.05, 4.69) is 12.2 Å². The summed E-state index contributed by atoms with van der Waals surface area (Å²) in [4.78, 5) is 13.1. The number of carbonyl (C=O) groups is 1. The molecule has 13 heavy (non-hydrogen) atoms. The average Bonchev–Trinajstić information content (AvgIpc) is 2.06. The number of hydrogen-bond donors (Lipinski definition) is 2. The van der Waals surface area contributed by atoms with Crippen LogP contribution in [0.1, 0.15) is 20.3 Å². The number of hydrogen-bond acceptors (Lipinski definition) is 2. The van der Waals surface area contributed by atoms with Crippen molar-refractivity contribution in [1.29, 1.82) is 0 Å². The van der Waals surface area contributed by atoms with Crippen LogP contribution < -0.4 is 5.32 Å². The molecular weight excluding hydrogens is 168 g/mol. The maximum atomic E-state index is 11.3. The highest BCUT2D eigenvalue weighted by atomic mass is 16.3. The van der Waals surface area contributed by atoms with Crippen molar-refractivity contribution >= 4 is 6.03 Å². The molecule has 0 bridgehead atoms. The zero-order valence-electron chi connectivity index (χ0n) is 8.29. The van der Waals surface area contributed by atoms with E-state index in [1.54, 1.807) is 11.8 Å². The second-order valence-electron chi connectivity index (χ2n) is 3.87. The van der Waals surface area contributed by atoms with E-state index in [-0.39, 0.29) is 12.1 Å². The number of amides is 2. The Morgan fingerprint density at radius 3 is 3.08 bits per heavy atom. The van der Waals surface area contributed by atoms with E-state index in [4.69, 9.17) is 5.11 Å². The van der Waals surface area contributed by atoms with Gasteiger partial charge in [0.15, 0.2) is 0 Å². The first kappa shape index (κ1) is 10.3. The van der Waals surface area contributed by atoms with Crippen LogP contribution in [0.4, 0.5) is 4.79 Å². The zero-order chi connectivity index (χ0) is 9.84. The van der Waals surface area contributed by atoms with Gasteiger partial charge in [0.1, 0.15) is 0 Å².